The Kier molecular flexibility index (Phi) is 5.19. The van der Waals surface area contributed by atoms with Crippen molar-refractivity contribution in [2.75, 3.05) is 26.2 Å². The highest BCUT2D eigenvalue weighted by Crippen LogP contribution is 2.35. The molecule has 0 aromatic heterocycles. The Morgan fingerprint density at radius 2 is 2.26 bits per heavy atom. The fraction of sp³-hybridized carbons (Fsp3) is 0.929. The predicted octanol–water partition coefficient (Wildman–Crippen LogP) is 0.829. The summed E-state index contributed by atoms with van der Waals surface area (Å²) in [5, 5.41) is 6.21. The highest BCUT2D eigenvalue weighted by atomic mass is 16.6. The van der Waals surface area contributed by atoms with Crippen molar-refractivity contribution < 1.29 is 14.3 Å². The highest BCUT2D eigenvalue weighted by Gasteiger charge is 2.42. The third-order valence-corrected chi connectivity index (χ3v) is 4.00. The van der Waals surface area contributed by atoms with Gasteiger partial charge in [0, 0.05) is 13.0 Å². The lowest BCUT2D eigenvalue weighted by atomic mass is 9.89. The summed E-state index contributed by atoms with van der Waals surface area (Å²) < 4.78 is 11.8. The van der Waals surface area contributed by atoms with Gasteiger partial charge in [0.25, 0.3) is 0 Å². The maximum absolute atomic E-state index is 11.8. The van der Waals surface area contributed by atoms with E-state index in [1.165, 1.54) is 0 Å². The maximum atomic E-state index is 11.8. The van der Waals surface area contributed by atoms with Crippen LogP contribution in [0.4, 0.5) is 0 Å². The molecule has 1 amide bonds. The minimum atomic E-state index is -0.392. The molecule has 0 aliphatic carbocycles. The van der Waals surface area contributed by atoms with Gasteiger partial charge in [0.05, 0.1) is 18.3 Å². The average molecular weight is 270 g/mol. The first-order valence-electron chi connectivity index (χ1n) is 7.43. The van der Waals surface area contributed by atoms with Crippen molar-refractivity contribution in [3.05, 3.63) is 0 Å². The van der Waals surface area contributed by atoms with Gasteiger partial charge < -0.3 is 20.1 Å². The van der Waals surface area contributed by atoms with Gasteiger partial charge in [-0.1, -0.05) is 6.92 Å². The van der Waals surface area contributed by atoms with Crippen molar-refractivity contribution in [1.29, 1.82) is 0 Å². The molecule has 2 unspecified atom stereocenters. The number of hydrogen-bond acceptors (Lipinski definition) is 4. The lowest BCUT2D eigenvalue weighted by molar-refractivity contribution is -0.135. The molecule has 0 aromatic carbocycles. The number of piperidine rings is 1. The van der Waals surface area contributed by atoms with E-state index >= 15 is 0 Å². The summed E-state index contributed by atoms with van der Waals surface area (Å²) in [5.41, 5.74) is -0.00443. The molecule has 2 saturated heterocycles. The molecule has 0 aromatic rings. The molecule has 2 fully saturated rings. The molecular formula is C14H26N2O3. The summed E-state index contributed by atoms with van der Waals surface area (Å²) in [6, 6.07) is 0. The summed E-state index contributed by atoms with van der Waals surface area (Å²) in [6.45, 7) is 7.21. The van der Waals surface area contributed by atoms with E-state index in [4.69, 9.17) is 9.47 Å². The molecule has 2 aliphatic heterocycles. The van der Waals surface area contributed by atoms with Crippen LogP contribution in [0, 0.1) is 0 Å². The van der Waals surface area contributed by atoms with Crippen LogP contribution in [0.3, 0.4) is 0 Å². The van der Waals surface area contributed by atoms with E-state index in [2.05, 4.69) is 10.6 Å². The number of ether oxygens (including phenoxy) is 2. The largest absolute Gasteiger partial charge is 0.372 e. The Morgan fingerprint density at radius 1 is 1.53 bits per heavy atom. The van der Waals surface area contributed by atoms with Crippen LogP contribution in [0.1, 0.15) is 39.5 Å². The fourth-order valence-electron chi connectivity index (χ4n) is 2.86. The standard InChI is InChI=1S/C14H26N2O3/c1-3-6-16-13(17)11(2)19-12-9-14(18-10-12)4-7-15-8-5-14/h11-12,15H,3-10H2,1-2H3,(H,16,17). The highest BCUT2D eigenvalue weighted by molar-refractivity contribution is 5.80. The number of rotatable bonds is 5. The Bertz CT molecular complexity index is 303. The SMILES string of the molecule is CCCNC(=O)C(C)OC1COC2(CCNCC2)C1. The number of nitrogens with one attached hydrogen (secondary N) is 2. The number of hydrogen-bond donors (Lipinski definition) is 2. The fourth-order valence-corrected chi connectivity index (χ4v) is 2.86. The predicted molar refractivity (Wildman–Crippen MR) is 73.0 cm³/mol. The van der Waals surface area contributed by atoms with Gasteiger partial charge >= 0.3 is 0 Å². The van der Waals surface area contributed by atoms with Crippen molar-refractivity contribution in [2.24, 2.45) is 0 Å². The van der Waals surface area contributed by atoms with Gasteiger partial charge in [0.15, 0.2) is 0 Å². The molecule has 2 heterocycles. The van der Waals surface area contributed by atoms with Crippen LogP contribution in [0.5, 0.6) is 0 Å². The molecule has 5 heteroatoms. The van der Waals surface area contributed by atoms with Crippen molar-refractivity contribution in [1.82, 2.24) is 10.6 Å². The van der Waals surface area contributed by atoms with Gasteiger partial charge in [-0.15, -0.1) is 0 Å². The second-order valence-electron chi connectivity index (χ2n) is 5.64. The zero-order valence-corrected chi connectivity index (χ0v) is 12.0. The Labute approximate surface area is 115 Å². The summed E-state index contributed by atoms with van der Waals surface area (Å²) in [5.74, 6) is -0.0203. The molecule has 2 atom stereocenters. The molecule has 5 nitrogen and oxygen atoms in total. The summed E-state index contributed by atoms with van der Waals surface area (Å²) in [4.78, 5) is 11.8. The summed E-state index contributed by atoms with van der Waals surface area (Å²) >= 11 is 0. The summed E-state index contributed by atoms with van der Waals surface area (Å²) in [7, 11) is 0. The zero-order chi connectivity index (χ0) is 13.7. The van der Waals surface area contributed by atoms with Crippen LogP contribution < -0.4 is 10.6 Å². The van der Waals surface area contributed by atoms with Crippen LogP contribution in [0.25, 0.3) is 0 Å². The van der Waals surface area contributed by atoms with E-state index in [0.29, 0.717) is 13.2 Å². The minimum Gasteiger partial charge on any atom is -0.372 e. The van der Waals surface area contributed by atoms with Gasteiger partial charge in [-0.25, -0.2) is 0 Å². The van der Waals surface area contributed by atoms with Gasteiger partial charge in [-0.3, -0.25) is 4.79 Å². The van der Waals surface area contributed by atoms with Crippen molar-refractivity contribution >= 4 is 5.91 Å². The van der Waals surface area contributed by atoms with Crippen molar-refractivity contribution in [3.63, 3.8) is 0 Å². The first-order valence-corrected chi connectivity index (χ1v) is 7.43. The molecule has 2 N–H and O–H groups in total. The lowest BCUT2D eigenvalue weighted by Crippen LogP contribution is -2.42. The normalized spacial score (nSPS) is 27.4. The molecule has 110 valence electrons. The second kappa shape index (κ2) is 6.68. The van der Waals surface area contributed by atoms with Crippen molar-refractivity contribution in [2.45, 2.75) is 57.3 Å². The molecule has 2 rings (SSSR count). The van der Waals surface area contributed by atoms with Gasteiger partial charge in [-0.2, -0.15) is 0 Å². The van der Waals surface area contributed by atoms with E-state index in [1.807, 2.05) is 13.8 Å². The molecule has 0 radical (unpaired) electrons. The van der Waals surface area contributed by atoms with E-state index in [9.17, 15) is 4.79 Å². The van der Waals surface area contributed by atoms with Crippen LogP contribution in [0.2, 0.25) is 0 Å². The third-order valence-electron chi connectivity index (χ3n) is 4.00. The lowest BCUT2D eigenvalue weighted by Gasteiger charge is -2.32. The van der Waals surface area contributed by atoms with E-state index in [-0.39, 0.29) is 17.6 Å². The topological polar surface area (TPSA) is 59.6 Å². The molecule has 1 spiro atoms. The molecule has 2 aliphatic rings. The van der Waals surface area contributed by atoms with Crippen LogP contribution in [-0.2, 0) is 14.3 Å². The summed E-state index contributed by atoms with van der Waals surface area (Å²) in [6.07, 6.45) is 3.62. The van der Waals surface area contributed by atoms with Crippen LogP contribution in [-0.4, -0.2) is 50.0 Å². The van der Waals surface area contributed by atoms with E-state index in [0.717, 1.165) is 38.8 Å². The Morgan fingerprint density at radius 3 is 2.95 bits per heavy atom. The van der Waals surface area contributed by atoms with Crippen molar-refractivity contribution in [3.8, 4) is 0 Å². The van der Waals surface area contributed by atoms with E-state index in [1.54, 1.807) is 0 Å². The van der Waals surface area contributed by atoms with Gasteiger partial charge in [0.1, 0.15) is 6.10 Å². The quantitative estimate of drug-likeness (QED) is 0.777. The first kappa shape index (κ1) is 14.8. The molecular weight excluding hydrogens is 244 g/mol. The Hall–Kier alpha value is -0.650. The minimum absolute atomic E-state index is 0.00443. The second-order valence-corrected chi connectivity index (χ2v) is 5.64. The van der Waals surface area contributed by atoms with Gasteiger partial charge in [-0.05, 0) is 39.3 Å². The maximum Gasteiger partial charge on any atom is 0.248 e. The average Bonchev–Trinajstić information content (AvgIpc) is 2.79. The molecule has 0 saturated carbocycles. The molecule has 0 bridgehead atoms. The third kappa shape index (κ3) is 3.91. The van der Waals surface area contributed by atoms with Crippen LogP contribution >= 0.6 is 0 Å². The molecule has 19 heavy (non-hydrogen) atoms. The zero-order valence-electron chi connectivity index (χ0n) is 12.0. The smallest absolute Gasteiger partial charge is 0.248 e. The number of carbonyl (C=O) groups is 1. The van der Waals surface area contributed by atoms with E-state index < -0.39 is 6.10 Å². The van der Waals surface area contributed by atoms with Crippen LogP contribution in [0.15, 0.2) is 0 Å². The number of carbonyl (C=O) groups excluding carboxylic acids is 1. The van der Waals surface area contributed by atoms with Gasteiger partial charge in [0.2, 0.25) is 5.91 Å². The monoisotopic (exact) mass is 270 g/mol. The first-order chi connectivity index (χ1) is 9.15. The number of amides is 1. The Balaban J connectivity index is 1.76.